The first-order chi connectivity index (χ1) is 14.0. The summed E-state index contributed by atoms with van der Waals surface area (Å²) in [5.41, 5.74) is 1.01. The van der Waals surface area contributed by atoms with Crippen molar-refractivity contribution in [3.63, 3.8) is 0 Å². The lowest BCUT2D eigenvalue weighted by atomic mass is 9.78. The van der Waals surface area contributed by atoms with Gasteiger partial charge < -0.3 is 14.7 Å². The molecule has 0 saturated heterocycles. The van der Waals surface area contributed by atoms with E-state index in [1.54, 1.807) is 12.1 Å². The molecule has 2 aromatic rings. The van der Waals surface area contributed by atoms with Crippen molar-refractivity contribution in [1.82, 2.24) is 20.4 Å². The maximum absolute atomic E-state index is 13.7. The van der Waals surface area contributed by atoms with Gasteiger partial charge in [-0.3, -0.25) is 4.79 Å². The third kappa shape index (κ3) is 5.01. The summed E-state index contributed by atoms with van der Waals surface area (Å²) in [6.07, 6.45) is 6.94. The number of nitrogens with zero attached hydrogens (tertiary/aromatic N) is 3. The van der Waals surface area contributed by atoms with Crippen molar-refractivity contribution in [1.29, 1.82) is 0 Å². The minimum Gasteiger partial charge on any atom is -0.345 e. The molecule has 29 heavy (non-hydrogen) atoms. The van der Waals surface area contributed by atoms with Crippen LogP contribution in [0.15, 0.2) is 28.8 Å². The highest BCUT2D eigenvalue weighted by Gasteiger charge is 2.31. The van der Waals surface area contributed by atoms with Gasteiger partial charge in [0.2, 0.25) is 0 Å². The smallest absolute Gasteiger partial charge is 0.315 e. The summed E-state index contributed by atoms with van der Waals surface area (Å²) in [7, 11) is 4.08. The van der Waals surface area contributed by atoms with E-state index in [-0.39, 0.29) is 29.7 Å². The molecule has 0 radical (unpaired) electrons. The molecule has 0 aliphatic heterocycles. The second-order valence-electron chi connectivity index (χ2n) is 8.71. The molecule has 2 saturated carbocycles. The van der Waals surface area contributed by atoms with E-state index in [1.807, 2.05) is 20.2 Å². The standard InChI is InChI=1S/C22H29FN4O2/c1-27(2)20(16-4-3-5-17(23)13-16)15-8-10-18(11-9-15)24-21(28)22-25-19(26-29-22)12-14-6-7-14/h3-5,13-15,18,20H,6-12H2,1-2H3,(H,24,28). The van der Waals surface area contributed by atoms with Gasteiger partial charge in [0.25, 0.3) is 0 Å². The van der Waals surface area contributed by atoms with Gasteiger partial charge >= 0.3 is 11.8 Å². The minimum atomic E-state index is -0.280. The normalized spacial score (nSPS) is 23.2. The van der Waals surface area contributed by atoms with Crippen LogP contribution in [0.2, 0.25) is 0 Å². The Balaban J connectivity index is 1.32. The van der Waals surface area contributed by atoms with E-state index >= 15 is 0 Å². The van der Waals surface area contributed by atoms with Crippen LogP contribution in [0, 0.1) is 17.7 Å². The number of amides is 1. The van der Waals surface area contributed by atoms with Gasteiger partial charge in [0, 0.05) is 18.5 Å². The molecule has 0 bridgehead atoms. The Labute approximate surface area is 170 Å². The molecule has 6 nitrogen and oxygen atoms in total. The molecule has 1 aromatic carbocycles. The Bertz CT molecular complexity index is 841. The van der Waals surface area contributed by atoms with E-state index in [9.17, 15) is 9.18 Å². The van der Waals surface area contributed by atoms with E-state index in [0.717, 1.165) is 37.7 Å². The molecule has 1 atom stereocenters. The van der Waals surface area contributed by atoms with Crippen LogP contribution in [-0.4, -0.2) is 41.1 Å². The first kappa shape index (κ1) is 20.0. The second kappa shape index (κ2) is 8.61. The SMILES string of the molecule is CN(C)C(c1cccc(F)c1)C1CCC(NC(=O)c2nc(CC3CC3)no2)CC1. The fourth-order valence-corrected chi connectivity index (χ4v) is 4.52. The molecule has 7 heteroatoms. The van der Waals surface area contributed by atoms with E-state index in [2.05, 4.69) is 20.4 Å². The lowest BCUT2D eigenvalue weighted by Crippen LogP contribution is -2.40. The average Bonchev–Trinajstić information content (AvgIpc) is 3.37. The summed E-state index contributed by atoms with van der Waals surface area (Å²) >= 11 is 0. The van der Waals surface area contributed by atoms with Crippen LogP contribution in [0.3, 0.4) is 0 Å². The van der Waals surface area contributed by atoms with Crippen LogP contribution in [0.4, 0.5) is 4.39 Å². The van der Waals surface area contributed by atoms with Gasteiger partial charge in [-0.1, -0.05) is 17.3 Å². The van der Waals surface area contributed by atoms with Crippen molar-refractivity contribution >= 4 is 5.91 Å². The molecule has 1 N–H and O–H groups in total. The maximum Gasteiger partial charge on any atom is 0.315 e. The van der Waals surface area contributed by atoms with Crippen molar-refractivity contribution in [3.05, 3.63) is 47.4 Å². The van der Waals surface area contributed by atoms with Gasteiger partial charge in [-0.2, -0.15) is 4.98 Å². The minimum absolute atomic E-state index is 0.0636. The summed E-state index contributed by atoms with van der Waals surface area (Å²) in [6.45, 7) is 0. The lowest BCUT2D eigenvalue weighted by Gasteiger charge is -2.37. The summed E-state index contributed by atoms with van der Waals surface area (Å²) in [5, 5.41) is 6.97. The Morgan fingerprint density at radius 3 is 2.66 bits per heavy atom. The zero-order valence-electron chi connectivity index (χ0n) is 17.1. The highest BCUT2D eigenvalue weighted by atomic mass is 19.1. The maximum atomic E-state index is 13.7. The lowest BCUT2D eigenvalue weighted by molar-refractivity contribution is 0.0863. The quantitative estimate of drug-likeness (QED) is 0.766. The molecule has 2 fully saturated rings. The van der Waals surface area contributed by atoms with Crippen molar-refractivity contribution < 1.29 is 13.7 Å². The molecule has 1 aromatic heterocycles. The summed E-state index contributed by atoms with van der Waals surface area (Å²) < 4.78 is 18.9. The summed E-state index contributed by atoms with van der Waals surface area (Å²) in [4.78, 5) is 18.9. The molecule has 2 aliphatic rings. The number of aromatic nitrogens is 2. The van der Waals surface area contributed by atoms with Gasteiger partial charge in [0.05, 0.1) is 0 Å². The van der Waals surface area contributed by atoms with E-state index in [0.29, 0.717) is 17.7 Å². The predicted molar refractivity (Wildman–Crippen MR) is 107 cm³/mol. The third-order valence-corrected chi connectivity index (χ3v) is 6.13. The number of halogens is 1. The zero-order chi connectivity index (χ0) is 20.4. The molecule has 1 heterocycles. The summed E-state index contributed by atoms with van der Waals surface area (Å²) in [5.74, 6) is 1.29. The number of rotatable bonds is 7. The first-order valence-electron chi connectivity index (χ1n) is 10.5. The number of carbonyl (C=O) groups excluding carboxylic acids is 1. The average molecular weight is 400 g/mol. The molecular weight excluding hydrogens is 371 g/mol. The van der Waals surface area contributed by atoms with E-state index in [4.69, 9.17) is 4.52 Å². The van der Waals surface area contributed by atoms with E-state index in [1.165, 1.54) is 18.9 Å². The summed E-state index contributed by atoms with van der Waals surface area (Å²) in [6, 6.07) is 7.16. The molecule has 1 amide bonds. The molecule has 2 aliphatic carbocycles. The Hall–Kier alpha value is -2.28. The van der Waals surface area contributed by atoms with Crippen LogP contribution in [0.25, 0.3) is 0 Å². The second-order valence-corrected chi connectivity index (χ2v) is 8.71. The van der Waals surface area contributed by atoms with Crippen LogP contribution in [0.5, 0.6) is 0 Å². The molecule has 1 unspecified atom stereocenters. The topological polar surface area (TPSA) is 71.3 Å². The van der Waals surface area contributed by atoms with Crippen LogP contribution < -0.4 is 5.32 Å². The van der Waals surface area contributed by atoms with Crippen molar-refractivity contribution in [2.45, 2.75) is 57.0 Å². The van der Waals surface area contributed by atoms with Gasteiger partial charge in [0.1, 0.15) is 5.82 Å². The zero-order valence-corrected chi connectivity index (χ0v) is 17.1. The van der Waals surface area contributed by atoms with Crippen molar-refractivity contribution in [2.24, 2.45) is 11.8 Å². The highest BCUT2D eigenvalue weighted by Crippen LogP contribution is 2.37. The third-order valence-electron chi connectivity index (χ3n) is 6.13. The number of hydrogen-bond donors (Lipinski definition) is 1. The molecule has 156 valence electrons. The van der Waals surface area contributed by atoms with Crippen molar-refractivity contribution in [2.75, 3.05) is 14.1 Å². The highest BCUT2D eigenvalue weighted by molar-refractivity contribution is 5.89. The number of benzene rings is 1. The number of hydrogen-bond acceptors (Lipinski definition) is 5. The molecular formula is C22H29FN4O2. The van der Waals surface area contributed by atoms with Gasteiger partial charge in [-0.15, -0.1) is 0 Å². The molecule has 0 spiro atoms. The van der Waals surface area contributed by atoms with Crippen LogP contribution in [-0.2, 0) is 6.42 Å². The monoisotopic (exact) mass is 400 g/mol. The van der Waals surface area contributed by atoms with Crippen LogP contribution >= 0.6 is 0 Å². The van der Waals surface area contributed by atoms with Gasteiger partial charge in [0.15, 0.2) is 5.82 Å². The number of carbonyl (C=O) groups is 1. The van der Waals surface area contributed by atoms with Gasteiger partial charge in [-0.25, -0.2) is 4.39 Å². The Kier molecular flexibility index (Phi) is 5.94. The molecule has 4 rings (SSSR count). The van der Waals surface area contributed by atoms with Gasteiger partial charge in [-0.05, 0) is 82.2 Å². The largest absolute Gasteiger partial charge is 0.345 e. The predicted octanol–water partition coefficient (Wildman–Crippen LogP) is 3.75. The Morgan fingerprint density at radius 2 is 2.00 bits per heavy atom. The van der Waals surface area contributed by atoms with Crippen LogP contribution in [0.1, 0.15) is 66.6 Å². The Morgan fingerprint density at radius 1 is 1.24 bits per heavy atom. The fraction of sp³-hybridized carbons (Fsp3) is 0.591. The van der Waals surface area contributed by atoms with E-state index < -0.39 is 0 Å². The van der Waals surface area contributed by atoms with Crippen molar-refractivity contribution in [3.8, 4) is 0 Å². The number of nitrogens with one attached hydrogen (secondary N) is 1. The fourth-order valence-electron chi connectivity index (χ4n) is 4.52. The first-order valence-corrected chi connectivity index (χ1v) is 10.5.